The number of halogens is 1. The second kappa shape index (κ2) is 6.76. The third-order valence-corrected chi connectivity index (χ3v) is 6.12. The van der Waals surface area contributed by atoms with E-state index in [1.807, 2.05) is 11.0 Å². The van der Waals surface area contributed by atoms with E-state index in [1.165, 1.54) is 16.7 Å². The van der Waals surface area contributed by atoms with Crippen molar-refractivity contribution in [2.24, 2.45) is 7.05 Å². The maximum atomic E-state index is 13.9. The van der Waals surface area contributed by atoms with Gasteiger partial charge in [0.25, 0.3) is 5.91 Å². The van der Waals surface area contributed by atoms with Crippen LogP contribution < -0.4 is 10.5 Å². The van der Waals surface area contributed by atoms with Crippen molar-refractivity contribution in [3.8, 4) is 0 Å². The Balaban J connectivity index is 1.67. The van der Waals surface area contributed by atoms with Gasteiger partial charge in [0, 0.05) is 37.1 Å². The number of pyridine rings is 1. The van der Waals surface area contributed by atoms with Crippen LogP contribution in [0.2, 0.25) is 0 Å². The summed E-state index contributed by atoms with van der Waals surface area (Å²) in [7, 11) is 1.66. The van der Waals surface area contributed by atoms with Crippen LogP contribution in [0.25, 0.3) is 0 Å². The summed E-state index contributed by atoms with van der Waals surface area (Å²) in [5.41, 5.74) is 1.08. The third kappa shape index (κ3) is 3.11. The number of anilines is 1. The number of rotatable bonds is 2. The number of likely N-dealkylation sites (tertiary alicyclic amines) is 1. The van der Waals surface area contributed by atoms with E-state index in [2.05, 4.69) is 18.7 Å². The molecule has 5 nitrogen and oxygen atoms in total. The fourth-order valence-electron chi connectivity index (χ4n) is 4.95. The van der Waals surface area contributed by atoms with Crippen LogP contribution in [0, 0.1) is 5.82 Å². The van der Waals surface area contributed by atoms with Gasteiger partial charge in [-0.2, -0.15) is 0 Å². The molecule has 1 amide bonds. The fourth-order valence-corrected chi connectivity index (χ4v) is 4.95. The number of carbonyl (C=O) groups is 1. The van der Waals surface area contributed by atoms with E-state index in [0.717, 1.165) is 24.9 Å². The van der Waals surface area contributed by atoms with Crippen LogP contribution in [-0.4, -0.2) is 39.5 Å². The number of fused-ring (bicyclic) bond motifs is 1. The van der Waals surface area contributed by atoms with Gasteiger partial charge in [-0.3, -0.25) is 9.59 Å². The summed E-state index contributed by atoms with van der Waals surface area (Å²) in [6.07, 6.45) is 4.31. The topological polar surface area (TPSA) is 45.6 Å². The van der Waals surface area contributed by atoms with Crippen molar-refractivity contribution in [1.82, 2.24) is 9.47 Å². The van der Waals surface area contributed by atoms with Gasteiger partial charge in [0.2, 0.25) is 5.56 Å². The first-order chi connectivity index (χ1) is 13.3. The molecule has 2 atom stereocenters. The number of hydrogen-bond acceptors (Lipinski definition) is 3. The highest BCUT2D eigenvalue weighted by molar-refractivity contribution is 5.94. The Kier molecular flexibility index (Phi) is 4.52. The molecule has 0 N–H and O–H groups in total. The zero-order chi connectivity index (χ0) is 20.1. The molecule has 2 fully saturated rings. The first-order valence-corrected chi connectivity index (χ1v) is 9.80. The summed E-state index contributed by atoms with van der Waals surface area (Å²) in [5, 5.41) is 0. The van der Waals surface area contributed by atoms with Crippen molar-refractivity contribution in [3.05, 3.63) is 64.3 Å². The van der Waals surface area contributed by atoms with E-state index in [0.29, 0.717) is 12.1 Å². The van der Waals surface area contributed by atoms with E-state index in [-0.39, 0.29) is 34.9 Å². The maximum Gasteiger partial charge on any atom is 0.255 e. The highest BCUT2D eigenvalue weighted by Crippen LogP contribution is 2.44. The molecule has 3 heterocycles. The summed E-state index contributed by atoms with van der Waals surface area (Å²) >= 11 is 0. The molecule has 148 valence electrons. The molecule has 2 aliphatic heterocycles. The molecule has 0 spiro atoms. The molecule has 2 aliphatic rings. The summed E-state index contributed by atoms with van der Waals surface area (Å²) in [4.78, 5) is 29.2. The van der Waals surface area contributed by atoms with E-state index in [1.54, 1.807) is 31.4 Å². The molecule has 1 aromatic carbocycles. The molecule has 0 aliphatic carbocycles. The van der Waals surface area contributed by atoms with Gasteiger partial charge >= 0.3 is 0 Å². The fraction of sp³-hybridized carbons (Fsp3) is 0.455. The molecule has 0 unspecified atom stereocenters. The molecule has 2 saturated heterocycles. The minimum atomic E-state index is -0.245. The monoisotopic (exact) mass is 383 g/mol. The second-order valence-electron chi connectivity index (χ2n) is 8.51. The highest BCUT2D eigenvalue weighted by Gasteiger charge is 2.50. The molecule has 1 aromatic heterocycles. The normalized spacial score (nSPS) is 23.6. The molecular weight excluding hydrogens is 357 g/mol. The first-order valence-electron chi connectivity index (χ1n) is 9.80. The van der Waals surface area contributed by atoms with Crippen molar-refractivity contribution >= 4 is 11.6 Å². The number of aryl methyl sites for hydroxylation is 1. The summed E-state index contributed by atoms with van der Waals surface area (Å²) < 4.78 is 15.3. The highest BCUT2D eigenvalue weighted by atomic mass is 19.1. The van der Waals surface area contributed by atoms with Crippen LogP contribution in [0.1, 0.15) is 43.5 Å². The van der Waals surface area contributed by atoms with Gasteiger partial charge in [-0.25, -0.2) is 4.39 Å². The number of amides is 1. The SMILES string of the molecule is Cn1cc(C(=O)N2CCC[C@H]3[C@@H]2CC(C)(C)N3c2cccc(F)c2)ccc1=O. The third-order valence-electron chi connectivity index (χ3n) is 6.12. The minimum absolute atomic E-state index is 0.0396. The molecule has 0 saturated carbocycles. The second-order valence-corrected chi connectivity index (χ2v) is 8.51. The Morgan fingerprint density at radius 3 is 2.68 bits per heavy atom. The number of piperidine rings is 1. The number of benzene rings is 1. The summed E-state index contributed by atoms with van der Waals surface area (Å²) in [5.74, 6) is -0.284. The van der Waals surface area contributed by atoms with Crippen LogP contribution in [0.5, 0.6) is 0 Å². The van der Waals surface area contributed by atoms with Crippen LogP contribution in [0.3, 0.4) is 0 Å². The van der Waals surface area contributed by atoms with Gasteiger partial charge in [0.1, 0.15) is 5.82 Å². The van der Waals surface area contributed by atoms with Crippen molar-refractivity contribution in [2.75, 3.05) is 11.4 Å². The number of carbonyl (C=O) groups excluding carboxylic acids is 1. The smallest absolute Gasteiger partial charge is 0.255 e. The average Bonchev–Trinajstić information content (AvgIpc) is 2.93. The Hall–Kier alpha value is -2.63. The maximum absolute atomic E-state index is 13.9. The molecule has 0 bridgehead atoms. The van der Waals surface area contributed by atoms with Crippen molar-refractivity contribution in [3.63, 3.8) is 0 Å². The zero-order valence-electron chi connectivity index (χ0n) is 16.6. The Morgan fingerprint density at radius 2 is 1.96 bits per heavy atom. The Morgan fingerprint density at radius 1 is 1.18 bits per heavy atom. The lowest BCUT2D eigenvalue weighted by atomic mass is 9.93. The summed E-state index contributed by atoms with van der Waals surface area (Å²) in [6, 6.07) is 9.99. The van der Waals surface area contributed by atoms with Crippen LogP contribution in [0.4, 0.5) is 10.1 Å². The lowest BCUT2D eigenvalue weighted by molar-refractivity contribution is 0.0604. The number of hydrogen-bond donors (Lipinski definition) is 0. The zero-order valence-corrected chi connectivity index (χ0v) is 16.6. The predicted molar refractivity (Wildman–Crippen MR) is 107 cm³/mol. The van der Waals surface area contributed by atoms with E-state index < -0.39 is 0 Å². The van der Waals surface area contributed by atoms with Crippen LogP contribution in [0.15, 0.2) is 47.4 Å². The predicted octanol–water partition coefficient (Wildman–Crippen LogP) is 3.19. The van der Waals surface area contributed by atoms with Gasteiger partial charge in [-0.15, -0.1) is 0 Å². The number of nitrogens with zero attached hydrogens (tertiary/aromatic N) is 3. The molecule has 2 aromatic rings. The van der Waals surface area contributed by atoms with E-state index >= 15 is 0 Å². The molecular formula is C22H26FN3O2. The molecule has 4 rings (SSSR count). The minimum Gasteiger partial charge on any atom is -0.361 e. The molecule has 0 radical (unpaired) electrons. The van der Waals surface area contributed by atoms with Gasteiger partial charge < -0.3 is 14.4 Å². The standard InChI is InChI=1S/C22H26FN3O2/c1-22(2)13-19-18(26(22)17-7-4-6-16(23)12-17)8-5-11-25(19)21(28)15-9-10-20(27)24(3)14-15/h4,6-7,9-10,12,14,18-19H,5,8,11,13H2,1-3H3/t18-,19-/m0/s1. The molecule has 6 heteroatoms. The lowest BCUT2D eigenvalue weighted by Gasteiger charge is -2.42. The Bertz CT molecular complexity index is 968. The quantitative estimate of drug-likeness (QED) is 0.800. The van der Waals surface area contributed by atoms with Crippen molar-refractivity contribution < 1.29 is 9.18 Å². The average molecular weight is 383 g/mol. The van der Waals surface area contributed by atoms with Gasteiger partial charge in [-0.05, 0) is 57.4 Å². The van der Waals surface area contributed by atoms with E-state index in [4.69, 9.17) is 0 Å². The summed E-state index contributed by atoms with van der Waals surface area (Å²) in [6.45, 7) is 5.02. The lowest BCUT2D eigenvalue weighted by Crippen LogP contribution is -2.53. The van der Waals surface area contributed by atoms with Gasteiger partial charge in [-0.1, -0.05) is 6.07 Å². The van der Waals surface area contributed by atoms with Gasteiger partial charge in [0.15, 0.2) is 0 Å². The van der Waals surface area contributed by atoms with E-state index in [9.17, 15) is 14.0 Å². The van der Waals surface area contributed by atoms with Crippen LogP contribution in [-0.2, 0) is 7.05 Å². The Labute approximate surface area is 164 Å². The first kappa shape index (κ1) is 18.7. The van der Waals surface area contributed by atoms with Crippen LogP contribution >= 0.6 is 0 Å². The number of aromatic nitrogens is 1. The van der Waals surface area contributed by atoms with Crippen molar-refractivity contribution in [2.45, 2.75) is 50.7 Å². The largest absolute Gasteiger partial charge is 0.361 e. The molecule has 28 heavy (non-hydrogen) atoms. The van der Waals surface area contributed by atoms with Crippen molar-refractivity contribution in [1.29, 1.82) is 0 Å². The van der Waals surface area contributed by atoms with Gasteiger partial charge in [0.05, 0.1) is 17.6 Å².